The topological polar surface area (TPSA) is 56.5 Å². The quantitative estimate of drug-likeness (QED) is 0.446. The first-order valence-corrected chi connectivity index (χ1v) is 10.7. The molecule has 0 radical (unpaired) electrons. The molecule has 1 aliphatic heterocycles. The molecular formula is C22H19ClN2O3S. The van der Waals surface area contributed by atoms with Gasteiger partial charge >= 0.3 is 0 Å². The van der Waals surface area contributed by atoms with E-state index >= 15 is 0 Å². The van der Waals surface area contributed by atoms with Gasteiger partial charge in [0, 0.05) is 13.0 Å². The van der Waals surface area contributed by atoms with Crippen LogP contribution in [0.15, 0.2) is 52.9 Å². The molecule has 0 atom stereocenters. The van der Waals surface area contributed by atoms with Gasteiger partial charge in [0.15, 0.2) is 22.3 Å². The van der Waals surface area contributed by atoms with Crippen molar-refractivity contribution in [2.45, 2.75) is 19.5 Å². The fraction of sp³-hybridized carbons (Fsp3) is 0.227. The Morgan fingerprint density at radius 1 is 1.03 bits per heavy atom. The van der Waals surface area contributed by atoms with Gasteiger partial charge in [-0.05, 0) is 42.0 Å². The van der Waals surface area contributed by atoms with E-state index < -0.39 is 0 Å². The number of fused-ring (bicyclic) bond motifs is 2. The molecule has 1 aliphatic rings. The number of ether oxygens (including phenoxy) is 2. The maximum Gasteiger partial charge on any atom is 0.179 e. The van der Waals surface area contributed by atoms with Crippen LogP contribution in [0.3, 0.4) is 0 Å². The van der Waals surface area contributed by atoms with Gasteiger partial charge in [-0.2, -0.15) is 0 Å². The molecule has 0 saturated carbocycles. The molecule has 0 unspecified atom stereocenters. The van der Waals surface area contributed by atoms with Crippen LogP contribution in [0.2, 0.25) is 5.02 Å². The van der Waals surface area contributed by atoms with E-state index in [1.807, 2.05) is 42.5 Å². The second kappa shape index (κ2) is 8.06. The van der Waals surface area contributed by atoms with Crippen LogP contribution in [0.1, 0.15) is 17.7 Å². The molecule has 0 amide bonds. The summed E-state index contributed by atoms with van der Waals surface area (Å²) >= 11 is 8.00. The van der Waals surface area contributed by atoms with Crippen molar-refractivity contribution in [1.29, 1.82) is 0 Å². The van der Waals surface area contributed by atoms with Crippen molar-refractivity contribution in [3.63, 3.8) is 0 Å². The highest BCUT2D eigenvalue weighted by Crippen LogP contribution is 2.38. The summed E-state index contributed by atoms with van der Waals surface area (Å²) in [7, 11) is 0. The molecule has 29 heavy (non-hydrogen) atoms. The van der Waals surface area contributed by atoms with Crippen LogP contribution >= 0.6 is 22.9 Å². The number of nitrogens with zero attached hydrogens (tertiary/aromatic N) is 1. The normalized spacial score (nSPS) is 13.6. The Labute approximate surface area is 177 Å². The smallest absolute Gasteiger partial charge is 0.179 e. The predicted molar refractivity (Wildman–Crippen MR) is 115 cm³/mol. The molecular weight excluding hydrogens is 408 g/mol. The number of aromatic nitrogens is 1. The number of thiazole rings is 1. The molecule has 2 aromatic carbocycles. The summed E-state index contributed by atoms with van der Waals surface area (Å²) < 4.78 is 18.6. The largest absolute Gasteiger partial charge is 0.489 e. The molecule has 0 fully saturated rings. The molecule has 3 heterocycles. The van der Waals surface area contributed by atoms with E-state index in [0.29, 0.717) is 42.8 Å². The summed E-state index contributed by atoms with van der Waals surface area (Å²) in [5.41, 5.74) is 2.03. The summed E-state index contributed by atoms with van der Waals surface area (Å²) in [4.78, 5) is 4.65. The van der Waals surface area contributed by atoms with Crippen molar-refractivity contribution in [1.82, 2.24) is 10.3 Å². The van der Waals surface area contributed by atoms with Crippen LogP contribution in [0.25, 0.3) is 21.0 Å². The van der Waals surface area contributed by atoms with Gasteiger partial charge in [0.05, 0.1) is 35.0 Å². The molecule has 2 aromatic heterocycles. The maximum absolute atomic E-state index is 6.36. The van der Waals surface area contributed by atoms with Crippen LogP contribution in [0.5, 0.6) is 11.5 Å². The summed E-state index contributed by atoms with van der Waals surface area (Å²) in [6.45, 7) is 2.52. The van der Waals surface area contributed by atoms with Gasteiger partial charge in [0.25, 0.3) is 0 Å². The fourth-order valence-electron chi connectivity index (χ4n) is 3.28. The number of para-hydroxylation sites is 1. The average Bonchev–Trinajstić information content (AvgIpc) is 3.29. The number of hydrogen-bond donors (Lipinski definition) is 1. The second-order valence-electron chi connectivity index (χ2n) is 6.81. The standard InChI is InChI=1S/C22H19ClN2O3S/c23-16-10-14(11-19-21(16)27-9-3-8-26-19)12-24-13-15-6-7-18(28-15)22-25-17-4-1-2-5-20(17)29-22/h1-2,4-7,10-11,24H,3,8-9,12-13H2. The van der Waals surface area contributed by atoms with E-state index in [-0.39, 0.29) is 0 Å². The van der Waals surface area contributed by atoms with Crippen LogP contribution < -0.4 is 14.8 Å². The Morgan fingerprint density at radius 2 is 1.93 bits per heavy atom. The molecule has 0 aliphatic carbocycles. The lowest BCUT2D eigenvalue weighted by molar-refractivity contribution is 0.297. The minimum absolute atomic E-state index is 0.581. The van der Waals surface area contributed by atoms with Gasteiger partial charge in [0.1, 0.15) is 5.76 Å². The minimum Gasteiger partial charge on any atom is -0.489 e. The van der Waals surface area contributed by atoms with Gasteiger partial charge < -0.3 is 19.2 Å². The zero-order valence-corrected chi connectivity index (χ0v) is 17.2. The Balaban J connectivity index is 1.25. The van der Waals surface area contributed by atoms with Crippen molar-refractivity contribution in [3.8, 4) is 22.3 Å². The summed E-state index contributed by atoms with van der Waals surface area (Å²) in [6.07, 6.45) is 0.855. The monoisotopic (exact) mass is 426 g/mol. The molecule has 0 spiro atoms. The zero-order chi connectivity index (χ0) is 19.6. The van der Waals surface area contributed by atoms with E-state index in [4.69, 9.17) is 25.5 Å². The summed E-state index contributed by atoms with van der Waals surface area (Å²) in [6, 6.07) is 16.0. The number of nitrogens with one attached hydrogen (secondary N) is 1. The van der Waals surface area contributed by atoms with Crippen molar-refractivity contribution in [3.05, 3.63) is 64.9 Å². The van der Waals surface area contributed by atoms with Gasteiger partial charge in [-0.3, -0.25) is 0 Å². The lowest BCUT2D eigenvalue weighted by Crippen LogP contribution is -2.12. The van der Waals surface area contributed by atoms with Crippen LogP contribution in [-0.2, 0) is 13.1 Å². The van der Waals surface area contributed by atoms with Gasteiger partial charge in [-0.25, -0.2) is 4.98 Å². The lowest BCUT2D eigenvalue weighted by Gasteiger charge is -2.12. The van der Waals surface area contributed by atoms with Crippen LogP contribution in [0, 0.1) is 0 Å². The third kappa shape index (κ3) is 3.96. The Bertz CT molecular complexity index is 1120. The SMILES string of the molecule is Clc1cc(CNCc2ccc(-c3nc4ccccc4s3)o2)cc2c1OCCCO2. The van der Waals surface area contributed by atoms with Gasteiger partial charge in [-0.1, -0.05) is 23.7 Å². The predicted octanol–water partition coefficient (Wildman–Crippen LogP) is 5.66. The van der Waals surface area contributed by atoms with Crippen LogP contribution in [0.4, 0.5) is 0 Å². The van der Waals surface area contributed by atoms with Crippen molar-refractivity contribution >= 4 is 33.2 Å². The lowest BCUT2D eigenvalue weighted by atomic mass is 10.2. The Kier molecular flexibility index (Phi) is 5.14. The highest BCUT2D eigenvalue weighted by Gasteiger charge is 2.16. The minimum atomic E-state index is 0.581. The Morgan fingerprint density at radius 3 is 2.86 bits per heavy atom. The number of furan rings is 1. The number of halogens is 1. The summed E-state index contributed by atoms with van der Waals surface area (Å²) in [5, 5.41) is 4.87. The van der Waals surface area contributed by atoms with E-state index in [1.54, 1.807) is 11.3 Å². The van der Waals surface area contributed by atoms with Gasteiger partial charge in [0.2, 0.25) is 0 Å². The first kappa shape index (κ1) is 18.5. The summed E-state index contributed by atoms with van der Waals surface area (Å²) in [5.74, 6) is 3.00. The molecule has 148 valence electrons. The van der Waals surface area contributed by atoms with E-state index in [2.05, 4.69) is 16.4 Å². The third-order valence-electron chi connectivity index (χ3n) is 4.66. The van der Waals surface area contributed by atoms with Crippen molar-refractivity contribution in [2.75, 3.05) is 13.2 Å². The highest BCUT2D eigenvalue weighted by molar-refractivity contribution is 7.21. The first-order valence-electron chi connectivity index (χ1n) is 9.50. The molecule has 7 heteroatoms. The maximum atomic E-state index is 6.36. The first-order chi connectivity index (χ1) is 14.3. The van der Waals surface area contributed by atoms with E-state index in [1.165, 1.54) is 0 Å². The molecule has 0 bridgehead atoms. The number of hydrogen-bond acceptors (Lipinski definition) is 6. The molecule has 1 N–H and O–H groups in total. The number of benzene rings is 2. The molecule has 0 saturated heterocycles. The fourth-order valence-corrected chi connectivity index (χ4v) is 4.50. The number of rotatable bonds is 5. The molecule has 4 aromatic rings. The van der Waals surface area contributed by atoms with E-state index in [9.17, 15) is 0 Å². The van der Waals surface area contributed by atoms with E-state index in [0.717, 1.165) is 38.7 Å². The van der Waals surface area contributed by atoms with Gasteiger partial charge in [-0.15, -0.1) is 11.3 Å². The zero-order valence-electron chi connectivity index (χ0n) is 15.6. The molecule has 5 nitrogen and oxygen atoms in total. The van der Waals surface area contributed by atoms with Crippen molar-refractivity contribution in [2.24, 2.45) is 0 Å². The average molecular weight is 427 g/mol. The second-order valence-corrected chi connectivity index (χ2v) is 8.25. The Hall–Kier alpha value is -2.54. The molecule has 5 rings (SSSR count). The third-order valence-corrected chi connectivity index (χ3v) is 5.99. The highest BCUT2D eigenvalue weighted by atomic mass is 35.5. The van der Waals surface area contributed by atoms with Crippen molar-refractivity contribution < 1.29 is 13.9 Å². The van der Waals surface area contributed by atoms with Crippen LogP contribution in [-0.4, -0.2) is 18.2 Å².